The molecule has 2 N–H and O–H groups in total. The molecule has 22 heavy (non-hydrogen) atoms. The summed E-state index contributed by atoms with van der Waals surface area (Å²) < 4.78 is 0. The number of H-pyrrole nitrogens is 1. The Morgan fingerprint density at radius 1 is 1.32 bits per heavy atom. The number of rotatable bonds is 6. The minimum atomic E-state index is 0.127. The quantitative estimate of drug-likeness (QED) is 0.848. The maximum absolute atomic E-state index is 12.1. The topological polar surface area (TPSA) is 61.0 Å². The van der Waals surface area contributed by atoms with Gasteiger partial charge in [-0.25, -0.2) is 0 Å². The van der Waals surface area contributed by atoms with Crippen molar-refractivity contribution in [2.24, 2.45) is 0 Å². The van der Waals surface area contributed by atoms with E-state index in [1.165, 1.54) is 32.1 Å². The summed E-state index contributed by atoms with van der Waals surface area (Å²) in [6.45, 7) is 7.21. The van der Waals surface area contributed by atoms with Crippen LogP contribution in [0.3, 0.4) is 0 Å². The fraction of sp³-hybridized carbons (Fsp3) is 0.765. The van der Waals surface area contributed by atoms with Crippen LogP contribution in [-0.2, 0) is 11.2 Å². The van der Waals surface area contributed by atoms with Gasteiger partial charge >= 0.3 is 0 Å². The second-order valence-corrected chi connectivity index (χ2v) is 6.57. The lowest BCUT2D eigenvalue weighted by Gasteiger charge is -2.24. The Kier molecular flexibility index (Phi) is 6.90. The Morgan fingerprint density at radius 2 is 2.00 bits per heavy atom. The van der Waals surface area contributed by atoms with E-state index in [9.17, 15) is 4.79 Å². The van der Waals surface area contributed by atoms with Crippen LogP contribution >= 0.6 is 0 Å². The molecule has 0 aromatic carbocycles. The first-order valence-electron chi connectivity index (χ1n) is 8.66. The van der Waals surface area contributed by atoms with Crippen molar-refractivity contribution in [3.05, 3.63) is 17.5 Å². The van der Waals surface area contributed by atoms with Gasteiger partial charge in [-0.05, 0) is 45.8 Å². The van der Waals surface area contributed by atoms with E-state index < -0.39 is 0 Å². The molecule has 1 aliphatic rings. The molecule has 1 atom stereocenters. The minimum Gasteiger partial charge on any atom is -0.353 e. The highest BCUT2D eigenvalue weighted by Crippen LogP contribution is 2.10. The summed E-state index contributed by atoms with van der Waals surface area (Å²) in [5, 5.41) is 10.2. The van der Waals surface area contributed by atoms with Crippen molar-refractivity contribution in [1.29, 1.82) is 0 Å². The molecule has 2 rings (SSSR count). The van der Waals surface area contributed by atoms with Gasteiger partial charge in [0.2, 0.25) is 5.91 Å². The summed E-state index contributed by atoms with van der Waals surface area (Å²) in [5.74, 6) is 0.154. The Bertz CT molecular complexity index is 449. The molecule has 124 valence electrons. The summed E-state index contributed by atoms with van der Waals surface area (Å²) in [7, 11) is 0. The number of hydrogen-bond acceptors (Lipinski definition) is 3. The number of nitrogens with one attached hydrogen (secondary N) is 2. The van der Waals surface area contributed by atoms with E-state index >= 15 is 0 Å². The van der Waals surface area contributed by atoms with Gasteiger partial charge in [0, 0.05) is 31.1 Å². The molecule has 5 heteroatoms. The lowest BCUT2D eigenvalue weighted by Crippen LogP contribution is -2.37. The van der Waals surface area contributed by atoms with Gasteiger partial charge in [0.1, 0.15) is 0 Å². The third kappa shape index (κ3) is 6.18. The smallest absolute Gasteiger partial charge is 0.221 e. The molecule has 1 aliphatic heterocycles. The molecule has 2 heterocycles. The van der Waals surface area contributed by atoms with E-state index in [0.29, 0.717) is 6.42 Å². The van der Waals surface area contributed by atoms with Crippen LogP contribution in [0.1, 0.15) is 56.8 Å². The summed E-state index contributed by atoms with van der Waals surface area (Å²) in [4.78, 5) is 14.5. The van der Waals surface area contributed by atoms with Crippen molar-refractivity contribution in [1.82, 2.24) is 20.4 Å². The SMILES string of the molecule is Cc1cc(C[C@@H](C)NC(=O)CCN2CCCCCCC2)n[nH]1. The number of likely N-dealkylation sites (tertiary alicyclic amines) is 1. The predicted octanol–water partition coefficient (Wildman–Crippen LogP) is 2.42. The molecule has 1 aromatic rings. The number of carbonyl (C=O) groups is 1. The molecule has 1 amide bonds. The fourth-order valence-electron chi connectivity index (χ4n) is 3.09. The summed E-state index contributed by atoms with van der Waals surface area (Å²) >= 11 is 0. The van der Waals surface area contributed by atoms with Crippen LogP contribution in [0, 0.1) is 6.92 Å². The Balaban J connectivity index is 1.65. The number of hydrogen-bond donors (Lipinski definition) is 2. The predicted molar refractivity (Wildman–Crippen MR) is 88.8 cm³/mol. The number of carbonyl (C=O) groups excluding carboxylic acids is 1. The van der Waals surface area contributed by atoms with E-state index in [1.807, 2.05) is 19.9 Å². The molecular weight excluding hydrogens is 276 g/mol. The van der Waals surface area contributed by atoms with Crippen LogP contribution in [0.15, 0.2) is 6.07 Å². The van der Waals surface area contributed by atoms with Crippen molar-refractivity contribution in [3.8, 4) is 0 Å². The highest BCUT2D eigenvalue weighted by atomic mass is 16.1. The van der Waals surface area contributed by atoms with Gasteiger partial charge in [-0.3, -0.25) is 9.89 Å². The molecule has 1 aromatic heterocycles. The van der Waals surface area contributed by atoms with Gasteiger partial charge < -0.3 is 10.2 Å². The number of aryl methyl sites for hydroxylation is 1. The van der Waals surface area contributed by atoms with E-state index in [-0.39, 0.29) is 11.9 Å². The van der Waals surface area contributed by atoms with Crippen LogP contribution < -0.4 is 5.32 Å². The average molecular weight is 306 g/mol. The van der Waals surface area contributed by atoms with Crippen LogP contribution in [0.4, 0.5) is 0 Å². The van der Waals surface area contributed by atoms with Gasteiger partial charge in [0.05, 0.1) is 5.69 Å². The van der Waals surface area contributed by atoms with Gasteiger partial charge in [0.15, 0.2) is 0 Å². The number of nitrogens with zero attached hydrogens (tertiary/aromatic N) is 2. The van der Waals surface area contributed by atoms with Crippen LogP contribution in [-0.4, -0.2) is 46.7 Å². The normalized spacial score (nSPS) is 18.5. The summed E-state index contributed by atoms with van der Waals surface area (Å²) in [6.07, 6.45) is 7.97. The third-order valence-electron chi connectivity index (χ3n) is 4.29. The van der Waals surface area contributed by atoms with Gasteiger partial charge in [-0.15, -0.1) is 0 Å². The fourth-order valence-corrected chi connectivity index (χ4v) is 3.09. The molecule has 0 radical (unpaired) electrons. The van der Waals surface area contributed by atoms with E-state index in [2.05, 4.69) is 20.4 Å². The Morgan fingerprint density at radius 3 is 2.64 bits per heavy atom. The van der Waals surface area contributed by atoms with Crippen molar-refractivity contribution >= 4 is 5.91 Å². The number of aromatic amines is 1. The van der Waals surface area contributed by atoms with E-state index in [4.69, 9.17) is 0 Å². The lowest BCUT2D eigenvalue weighted by molar-refractivity contribution is -0.122. The first-order valence-corrected chi connectivity index (χ1v) is 8.66. The third-order valence-corrected chi connectivity index (χ3v) is 4.29. The highest BCUT2D eigenvalue weighted by Gasteiger charge is 2.13. The van der Waals surface area contributed by atoms with Gasteiger partial charge in [0.25, 0.3) is 0 Å². The van der Waals surface area contributed by atoms with Crippen molar-refractivity contribution in [2.75, 3.05) is 19.6 Å². The van der Waals surface area contributed by atoms with E-state index in [0.717, 1.165) is 37.4 Å². The molecule has 5 nitrogen and oxygen atoms in total. The Hall–Kier alpha value is -1.36. The lowest BCUT2D eigenvalue weighted by atomic mass is 10.1. The second-order valence-electron chi connectivity index (χ2n) is 6.57. The molecule has 1 fully saturated rings. The second kappa shape index (κ2) is 8.93. The van der Waals surface area contributed by atoms with E-state index in [1.54, 1.807) is 0 Å². The maximum Gasteiger partial charge on any atom is 0.221 e. The minimum absolute atomic E-state index is 0.127. The largest absolute Gasteiger partial charge is 0.353 e. The Labute approximate surface area is 133 Å². The molecule has 0 aliphatic carbocycles. The molecule has 0 unspecified atom stereocenters. The van der Waals surface area contributed by atoms with Crippen molar-refractivity contribution in [3.63, 3.8) is 0 Å². The van der Waals surface area contributed by atoms with Crippen LogP contribution in [0.5, 0.6) is 0 Å². The molecule has 1 saturated heterocycles. The summed E-state index contributed by atoms with van der Waals surface area (Å²) in [5.41, 5.74) is 2.07. The molecular formula is C17H30N4O. The molecule has 0 spiro atoms. The first kappa shape index (κ1) is 17.0. The van der Waals surface area contributed by atoms with Crippen molar-refractivity contribution < 1.29 is 4.79 Å². The molecule has 0 saturated carbocycles. The zero-order chi connectivity index (χ0) is 15.8. The zero-order valence-electron chi connectivity index (χ0n) is 14.0. The maximum atomic E-state index is 12.1. The van der Waals surface area contributed by atoms with Crippen LogP contribution in [0.25, 0.3) is 0 Å². The van der Waals surface area contributed by atoms with Gasteiger partial charge in [-0.2, -0.15) is 5.10 Å². The van der Waals surface area contributed by atoms with Gasteiger partial charge in [-0.1, -0.05) is 19.3 Å². The van der Waals surface area contributed by atoms with Crippen molar-refractivity contribution in [2.45, 2.75) is 64.8 Å². The average Bonchev–Trinajstić information content (AvgIpc) is 2.82. The highest BCUT2D eigenvalue weighted by molar-refractivity contribution is 5.76. The number of amides is 1. The summed E-state index contributed by atoms with van der Waals surface area (Å²) in [6, 6.07) is 2.16. The number of aromatic nitrogens is 2. The monoisotopic (exact) mass is 306 g/mol. The zero-order valence-corrected chi connectivity index (χ0v) is 14.0. The molecule has 0 bridgehead atoms. The first-order chi connectivity index (χ1) is 10.6. The standard InChI is InChI=1S/C17H30N4O/c1-14(12-16-13-15(2)19-20-16)18-17(22)8-11-21-9-6-4-3-5-7-10-21/h13-14H,3-12H2,1-2H3,(H,18,22)(H,19,20)/t14-/m1/s1. The van der Waals surface area contributed by atoms with Crippen LogP contribution in [0.2, 0.25) is 0 Å².